The fourth-order valence-electron chi connectivity index (χ4n) is 2.56. The van der Waals surface area contributed by atoms with Gasteiger partial charge in [-0.1, -0.05) is 61.6 Å². The summed E-state index contributed by atoms with van der Waals surface area (Å²) in [5, 5.41) is 16.8. The molecule has 1 heterocycles. The molecule has 0 aromatic carbocycles. The summed E-state index contributed by atoms with van der Waals surface area (Å²) < 4.78 is 23.4. The van der Waals surface area contributed by atoms with Gasteiger partial charge in [0.25, 0.3) is 0 Å². The Morgan fingerprint density at radius 3 is 2.28 bits per heavy atom. The maximum atomic E-state index is 8.78. The quantitative estimate of drug-likeness (QED) is 0.137. The van der Waals surface area contributed by atoms with Crippen molar-refractivity contribution in [3.05, 3.63) is 14.0 Å². The van der Waals surface area contributed by atoms with Gasteiger partial charge in [-0.25, -0.2) is 0 Å². The van der Waals surface area contributed by atoms with Gasteiger partial charge in [-0.15, -0.1) is 0 Å². The van der Waals surface area contributed by atoms with Gasteiger partial charge in [-0.2, -0.15) is 6.42 Å². The summed E-state index contributed by atoms with van der Waals surface area (Å²) in [5.41, 5.74) is 0. The van der Waals surface area contributed by atoms with Gasteiger partial charge in [0, 0.05) is 0 Å². The van der Waals surface area contributed by atoms with Crippen LogP contribution in [-0.2, 0) is 18.9 Å². The van der Waals surface area contributed by atoms with Gasteiger partial charge in [-0.3, -0.25) is 0 Å². The van der Waals surface area contributed by atoms with Crippen molar-refractivity contribution in [2.24, 2.45) is 0 Å². The molecule has 2 atom stereocenters. The van der Waals surface area contributed by atoms with E-state index in [1.807, 2.05) is 14.0 Å². The first-order chi connectivity index (χ1) is 13.3. The fourth-order valence-corrected chi connectivity index (χ4v) is 3.07. The average molecular weight is 790 g/mol. The standard InChI is InChI=1S/C16H31IO5.C3H7.CH2O.Cm.K/c17-14-22-16-7-5-3-1-2-4-6-15(12-19-9-8-18)21-11-10-20-13-16;1-3-2;1-2;;/h15-16,18H,1-14H2;1,3H2,2H3;1H2;;/q;-1;-2;;+1. The molecule has 1 aliphatic heterocycles. The number of ether oxygens (including phenoxy) is 4. The molecule has 0 spiro atoms. The van der Waals surface area contributed by atoms with Crippen LogP contribution in [0, 0.1) is 14.0 Å². The second-order valence-electron chi connectivity index (χ2n) is 6.11. The third-order valence-corrected chi connectivity index (χ3v) is 4.13. The molecule has 0 aromatic rings. The molecule has 1 saturated heterocycles. The molecule has 0 bridgehead atoms. The van der Waals surface area contributed by atoms with Crippen LogP contribution in [0.1, 0.15) is 58.3 Å². The van der Waals surface area contributed by atoms with Crippen molar-refractivity contribution in [3.63, 3.8) is 0 Å². The predicted octanol–water partition coefficient (Wildman–Crippen LogP) is 0.292. The number of aliphatic hydroxyl groups is 1. The zero-order valence-corrected chi connectivity index (χ0v) is 26.6. The number of hydrogen-bond acceptors (Lipinski definition) is 6. The minimum atomic E-state index is 0. The molecule has 2 unspecified atom stereocenters. The van der Waals surface area contributed by atoms with Gasteiger partial charge in [0.1, 0.15) is 0 Å². The monoisotopic (exact) mass is 785 g/mol. The third-order valence-electron chi connectivity index (χ3n) is 3.78. The summed E-state index contributed by atoms with van der Waals surface area (Å²) in [4.78, 5) is 0. The van der Waals surface area contributed by atoms with E-state index in [4.69, 9.17) is 29.2 Å². The Bertz CT molecular complexity index is 271. The van der Waals surface area contributed by atoms with E-state index in [0.717, 1.165) is 19.3 Å². The first-order valence-corrected chi connectivity index (χ1v) is 11.4. The summed E-state index contributed by atoms with van der Waals surface area (Å²) in [6.45, 7) is 8.33. The van der Waals surface area contributed by atoms with Crippen molar-refractivity contribution in [1.29, 1.82) is 0 Å². The van der Waals surface area contributed by atoms with Crippen LogP contribution in [0.25, 0.3) is 0 Å². The zero-order chi connectivity index (χ0) is 20.6. The van der Waals surface area contributed by atoms with Gasteiger partial charge in [0.2, 0.25) is 0 Å². The summed E-state index contributed by atoms with van der Waals surface area (Å²) in [6, 6.07) is 0. The second kappa shape index (κ2) is 33.8. The summed E-state index contributed by atoms with van der Waals surface area (Å²) in [5.74, 6) is 0. The van der Waals surface area contributed by atoms with Crippen LogP contribution in [0.5, 0.6) is 0 Å². The molecule has 0 radical (unpaired) electrons. The minimum Gasteiger partial charge on any atom is -1.03 e. The zero-order valence-electron chi connectivity index (χ0n) is 18.4. The van der Waals surface area contributed by atoms with Gasteiger partial charge in [0.05, 0.1) is 56.5 Å². The first-order valence-electron chi connectivity index (χ1n) is 9.92. The van der Waals surface area contributed by atoms with Crippen LogP contribution in [0.3, 0.4) is 0 Å². The van der Waals surface area contributed by atoms with E-state index in [0.29, 0.717) is 37.6 Å². The predicted molar refractivity (Wildman–Crippen MR) is 116 cm³/mol. The van der Waals surface area contributed by atoms with E-state index in [9.17, 15) is 0 Å². The maximum Gasteiger partial charge on any atom is 1.00 e. The van der Waals surface area contributed by atoms with Crippen LogP contribution in [-0.4, -0.2) is 61.6 Å². The average Bonchev–Trinajstić information content (AvgIpc) is 2.68. The summed E-state index contributed by atoms with van der Waals surface area (Å²) >= 11 is 2.24. The van der Waals surface area contributed by atoms with Crippen molar-refractivity contribution in [1.82, 2.24) is 0 Å². The molecule has 29 heavy (non-hydrogen) atoms. The topological polar surface area (TPSA) is 80.2 Å². The smallest absolute Gasteiger partial charge is 1.00 e. The van der Waals surface area contributed by atoms with Crippen molar-refractivity contribution in [2.45, 2.75) is 70.5 Å². The van der Waals surface area contributed by atoms with E-state index in [1.54, 1.807) is 0 Å². The molecule has 1 rings (SSSR count). The molecular formula is C20H40CmIKO6-2. The molecular weight excluding hydrogens is 749 g/mol. The van der Waals surface area contributed by atoms with Crippen LogP contribution < -0.4 is 56.5 Å². The SMILES string of the molecule is OCCOCC1CCCCCCCC(OCI)COCCO1.[CH2-]CC.[CH2-][O-].[Cm].[K+]. The Morgan fingerprint density at radius 2 is 1.69 bits per heavy atom. The van der Waals surface area contributed by atoms with Crippen LogP contribution >= 0.6 is 22.6 Å². The molecule has 1 fully saturated rings. The van der Waals surface area contributed by atoms with Crippen LogP contribution in [0.2, 0.25) is 0 Å². The summed E-state index contributed by atoms with van der Waals surface area (Å²) in [6.07, 6.45) is 9.58. The number of halogens is 1. The first kappa shape index (κ1) is 37.4. The molecule has 0 aliphatic carbocycles. The molecule has 6 nitrogen and oxygen atoms in total. The molecule has 1 aliphatic rings. The largest absolute Gasteiger partial charge is 1.03 e. The van der Waals surface area contributed by atoms with E-state index in [2.05, 4.69) is 29.5 Å². The second-order valence-corrected chi connectivity index (χ2v) is 6.73. The normalized spacial score (nSPS) is 20.9. The molecule has 0 saturated carbocycles. The fraction of sp³-hybridized carbons (Fsp3) is 0.900. The number of aliphatic hydroxyl groups excluding tert-OH is 1. The van der Waals surface area contributed by atoms with Crippen molar-refractivity contribution in [2.75, 3.05) is 44.3 Å². The molecule has 0 aromatic heterocycles. The number of rotatable bonds is 6. The van der Waals surface area contributed by atoms with E-state index >= 15 is 0 Å². The van der Waals surface area contributed by atoms with Gasteiger partial charge in [0.15, 0.2) is 0 Å². The van der Waals surface area contributed by atoms with Gasteiger partial charge in [-0.05, 0) is 12.8 Å². The van der Waals surface area contributed by atoms with Gasteiger partial charge >= 0.3 is 51.4 Å². The number of alkyl halides is 1. The Morgan fingerprint density at radius 1 is 1.10 bits per heavy atom. The van der Waals surface area contributed by atoms with E-state index in [-0.39, 0.29) is 70.2 Å². The Kier molecular flexibility index (Phi) is 43.6. The summed E-state index contributed by atoms with van der Waals surface area (Å²) in [7, 11) is 2.00. The van der Waals surface area contributed by atoms with Crippen LogP contribution in [0.4, 0.5) is 0 Å². The van der Waals surface area contributed by atoms with Crippen molar-refractivity contribution >= 4 is 22.6 Å². The van der Waals surface area contributed by atoms with Crippen molar-refractivity contribution in [3.8, 4) is 0 Å². The van der Waals surface area contributed by atoms with Gasteiger partial charge < -0.3 is 43.2 Å². The Balaban J connectivity index is -0.000000407. The molecule has 0 amide bonds. The van der Waals surface area contributed by atoms with Crippen LogP contribution in [0.15, 0.2) is 0 Å². The Hall–Kier alpha value is 1.13. The Labute approximate surface area is 229 Å². The van der Waals surface area contributed by atoms with Crippen molar-refractivity contribution < 1.29 is 80.5 Å². The molecule has 174 valence electrons. The molecule has 9 heteroatoms. The van der Waals surface area contributed by atoms with E-state index < -0.39 is 0 Å². The number of hydrogen-bond donors (Lipinski definition) is 1. The molecule has 1 N–H and O–H groups in total. The van der Waals surface area contributed by atoms with E-state index in [1.165, 1.54) is 32.1 Å². The minimum absolute atomic E-state index is 0. The maximum absolute atomic E-state index is 8.78. The third kappa shape index (κ3) is 29.1.